The van der Waals surface area contributed by atoms with Gasteiger partial charge in [0.1, 0.15) is 5.75 Å². The maximum Gasteiger partial charge on any atom is 0.241 e. The number of ether oxygens (including phenoxy) is 1. The molecule has 0 aliphatic rings. The number of nitrogens with one attached hydrogen (secondary N) is 1. The number of benzene rings is 1. The van der Waals surface area contributed by atoms with Crippen molar-refractivity contribution in [2.75, 3.05) is 7.11 Å². The zero-order valence-electron chi connectivity index (χ0n) is 11.6. The fourth-order valence-electron chi connectivity index (χ4n) is 1.69. The van der Waals surface area contributed by atoms with Crippen LogP contribution in [0.3, 0.4) is 0 Å². The molecular weight excluding hydrogens is 250 g/mol. The third-order valence-electron chi connectivity index (χ3n) is 3.17. The van der Waals surface area contributed by atoms with Gasteiger partial charge in [-0.05, 0) is 50.5 Å². The van der Waals surface area contributed by atoms with Gasteiger partial charge in [0.05, 0.1) is 12.0 Å². The molecule has 4 nitrogen and oxygen atoms in total. The van der Waals surface area contributed by atoms with E-state index in [1.54, 1.807) is 26.2 Å². The molecule has 102 valence electrons. The standard InChI is InChI=1S/C13H21NO3S/c1-6-9(2)14-18(15,16)13-8-7-12(17-5)10(3)11(13)4/h7-9,14H,6H2,1-5H3/t9-/m1/s1. The first-order valence-corrected chi connectivity index (χ1v) is 7.48. The summed E-state index contributed by atoms with van der Waals surface area (Å²) >= 11 is 0. The Kier molecular flexibility index (Phi) is 4.76. The van der Waals surface area contributed by atoms with Gasteiger partial charge >= 0.3 is 0 Å². The summed E-state index contributed by atoms with van der Waals surface area (Å²) in [5.74, 6) is 0.704. The van der Waals surface area contributed by atoms with Crippen LogP contribution in [-0.4, -0.2) is 21.6 Å². The van der Waals surface area contributed by atoms with E-state index in [1.807, 2.05) is 20.8 Å². The molecule has 1 aromatic carbocycles. The topological polar surface area (TPSA) is 55.4 Å². The molecule has 0 aliphatic heterocycles. The highest BCUT2D eigenvalue weighted by atomic mass is 32.2. The summed E-state index contributed by atoms with van der Waals surface area (Å²) in [5.41, 5.74) is 1.58. The number of sulfonamides is 1. The van der Waals surface area contributed by atoms with Crippen LogP contribution in [0.2, 0.25) is 0 Å². The maximum absolute atomic E-state index is 12.2. The largest absolute Gasteiger partial charge is 0.496 e. The fourth-order valence-corrected chi connectivity index (χ4v) is 3.32. The lowest BCUT2D eigenvalue weighted by molar-refractivity contribution is 0.410. The van der Waals surface area contributed by atoms with Crippen molar-refractivity contribution >= 4 is 10.0 Å². The van der Waals surface area contributed by atoms with E-state index in [4.69, 9.17) is 4.74 Å². The molecule has 0 saturated carbocycles. The number of rotatable bonds is 5. The van der Waals surface area contributed by atoms with Crippen molar-refractivity contribution < 1.29 is 13.2 Å². The highest BCUT2D eigenvalue weighted by molar-refractivity contribution is 7.89. The molecule has 0 amide bonds. The van der Waals surface area contributed by atoms with Crippen LogP contribution < -0.4 is 9.46 Å². The Labute approximate surface area is 109 Å². The summed E-state index contributed by atoms with van der Waals surface area (Å²) in [4.78, 5) is 0.320. The molecule has 0 spiro atoms. The van der Waals surface area contributed by atoms with Crippen LogP contribution >= 0.6 is 0 Å². The van der Waals surface area contributed by atoms with Crippen molar-refractivity contribution in [3.05, 3.63) is 23.3 Å². The van der Waals surface area contributed by atoms with Crippen LogP contribution in [0.15, 0.2) is 17.0 Å². The molecule has 0 aromatic heterocycles. The molecule has 1 N–H and O–H groups in total. The quantitative estimate of drug-likeness (QED) is 0.894. The van der Waals surface area contributed by atoms with E-state index in [1.165, 1.54) is 0 Å². The van der Waals surface area contributed by atoms with E-state index in [9.17, 15) is 8.42 Å². The highest BCUT2D eigenvalue weighted by Crippen LogP contribution is 2.26. The number of hydrogen-bond donors (Lipinski definition) is 1. The lowest BCUT2D eigenvalue weighted by Gasteiger charge is -2.16. The van der Waals surface area contributed by atoms with E-state index in [0.717, 1.165) is 17.5 Å². The minimum atomic E-state index is -3.46. The van der Waals surface area contributed by atoms with Crippen LogP contribution in [0.5, 0.6) is 5.75 Å². The van der Waals surface area contributed by atoms with Gasteiger partial charge in [-0.1, -0.05) is 6.92 Å². The third-order valence-corrected chi connectivity index (χ3v) is 4.90. The van der Waals surface area contributed by atoms with Crippen molar-refractivity contribution in [2.24, 2.45) is 0 Å². The van der Waals surface area contributed by atoms with Crippen molar-refractivity contribution in [3.8, 4) is 5.75 Å². The second-order valence-electron chi connectivity index (χ2n) is 4.45. The second kappa shape index (κ2) is 5.71. The average molecular weight is 271 g/mol. The van der Waals surface area contributed by atoms with E-state index in [2.05, 4.69) is 4.72 Å². The smallest absolute Gasteiger partial charge is 0.241 e. The predicted octanol–water partition coefficient (Wildman–Crippen LogP) is 2.39. The van der Waals surface area contributed by atoms with E-state index < -0.39 is 10.0 Å². The van der Waals surface area contributed by atoms with Gasteiger partial charge < -0.3 is 4.74 Å². The molecule has 1 rings (SSSR count). The molecule has 18 heavy (non-hydrogen) atoms. The van der Waals surface area contributed by atoms with Gasteiger partial charge in [0.15, 0.2) is 0 Å². The van der Waals surface area contributed by atoms with Gasteiger partial charge in [0.2, 0.25) is 10.0 Å². The van der Waals surface area contributed by atoms with Gasteiger partial charge in [0, 0.05) is 6.04 Å². The van der Waals surface area contributed by atoms with Gasteiger partial charge in [0.25, 0.3) is 0 Å². The van der Waals surface area contributed by atoms with Crippen LogP contribution in [0.4, 0.5) is 0 Å². The Morgan fingerprint density at radius 2 is 1.89 bits per heavy atom. The van der Waals surface area contributed by atoms with E-state index in [0.29, 0.717) is 10.6 Å². The minimum Gasteiger partial charge on any atom is -0.496 e. The summed E-state index contributed by atoms with van der Waals surface area (Å²) in [5, 5.41) is 0. The Balaban J connectivity index is 3.22. The predicted molar refractivity (Wildman–Crippen MR) is 72.5 cm³/mol. The number of hydrogen-bond acceptors (Lipinski definition) is 3. The zero-order chi connectivity index (χ0) is 13.9. The molecular formula is C13H21NO3S. The van der Waals surface area contributed by atoms with E-state index in [-0.39, 0.29) is 6.04 Å². The zero-order valence-corrected chi connectivity index (χ0v) is 12.4. The first kappa shape index (κ1) is 15.0. The van der Waals surface area contributed by atoms with Gasteiger partial charge in [-0.3, -0.25) is 0 Å². The average Bonchev–Trinajstić information content (AvgIpc) is 2.31. The lowest BCUT2D eigenvalue weighted by Crippen LogP contribution is -2.32. The van der Waals surface area contributed by atoms with Gasteiger partial charge in [-0.15, -0.1) is 0 Å². The van der Waals surface area contributed by atoms with Crippen molar-refractivity contribution in [1.82, 2.24) is 4.72 Å². The molecule has 0 unspecified atom stereocenters. The van der Waals surface area contributed by atoms with Crippen molar-refractivity contribution in [2.45, 2.75) is 45.1 Å². The molecule has 0 saturated heterocycles. The van der Waals surface area contributed by atoms with E-state index >= 15 is 0 Å². The summed E-state index contributed by atoms with van der Waals surface area (Å²) < 4.78 is 32.3. The summed E-state index contributed by atoms with van der Waals surface area (Å²) in [6.07, 6.45) is 0.757. The van der Waals surface area contributed by atoms with Gasteiger partial charge in [-0.2, -0.15) is 0 Å². The monoisotopic (exact) mass is 271 g/mol. The molecule has 0 fully saturated rings. The SMILES string of the molecule is CC[C@@H](C)NS(=O)(=O)c1ccc(OC)c(C)c1C. The first-order valence-electron chi connectivity index (χ1n) is 6.00. The highest BCUT2D eigenvalue weighted by Gasteiger charge is 2.20. The second-order valence-corrected chi connectivity index (χ2v) is 6.13. The molecule has 1 atom stereocenters. The molecule has 1 aromatic rings. The Hall–Kier alpha value is -1.07. The Bertz CT molecular complexity index is 523. The molecule has 0 radical (unpaired) electrons. The van der Waals surface area contributed by atoms with Crippen LogP contribution in [0.1, 0.15) is 31.4 Å². The summed E-state index contributed by atoms with van der Waals surface area (Å²) in [7, 11) is -1.88. The third kappa shape index (κ3) is 3.03. The molecule has 5 heteroatoms. The van der Waals surface area contributed by atoms with Crippen molar-refractivity contribution in [1.29, 1.82) is 0 Å². The summed E-state index contributed by atoms with van der Waals surface area (Å²) in [6.45, 7) is 7.45. The Morgan fingerprint density at radius 3 is 2.39 bits per heavy atom. The lowest BCUT2D eigenvalue weighted by atomic mass is 10.1. The first-order chi connectivity index (χ1) is 8.33. The molecule has 0 heterocycles. The van der Waals surface area contributed by atoms with Crippen molar-refractivity contribution in [3.63, 3.8) is 0 Å². The normalized spacial score (nSPS) is 13.4. The van der Waals surface area contributed by atoms with Crippen LogP contribution in [0.25, 0.3) is 0 Å². The Morgan fingerprint density at radius 1 is 1.28 bits per heavy atom. The van der Waals surface area contributed by atoms with Gasteiger partial charge in [-0.25, -0.2) is 13.1 Å². The molecule has 0 bridgehead atoms. The maximum atomic E-state index is 12.2. The number of methoxy groups -OCH3 is 1. The summed E-state index contributed by atoms with van der Waals surface area (Å²) in [6, 6.07) is 3.20. The minimum absolute atomic E-state index is 0.0724. The van der Waals surface area contributed by atoms with Crippen LogP contribution in [-0.2, 0) is 10.0 Å². The fraction of sp³-hybridized carbons (Fsp3) is 0.538. The molecule has 0 aliphatic carbocycles. The van der Waals surface area contributed by atoms with Crippen LogP contribution in [0, 0.1) is 13.8 Å².